The number of pyridine rings is 1. The van der Waals surface area contributed by atoms with Gasteiger partial charge >= 0.3 is 5.97 Å². The number of nitrogens with zero attached hydrogens (tertiary/aromatic N) is 2. The monoisotopic (exact) mass is 456 g/mol. The number of hydrogen-bond donors (Lipinski definition) is 0. The van der Waals surface area contributed by atoms with Crippen molar-refractivity contribution in [2.75, 3.05) is 6.61 Å². The quantitative estimate of drug-likeness (QED) is 0.285. The van der Waals surface area contributed by atoms with Gasteiger partial charge in [0.25, 0.3) is 0 Å². The summed E-state index contributed by atoms with van der Waals surface area (Å²) in [6.07, 6.45) is 4.33. The predicted octanol–water partition coefficient (Wildman–Crippen LogP) is 5.46. The summed E-state index contributed by atoms with van der Waals surface area (Å²) in [5, 5.41) is 0.782. The number of rotatable bonds is 6. The molecule has 0 N–H and O–H groups in total. The van der Waals surface area contributed by atoms with Crippen LogP contribution in [0.15, 0.2) is 53.1 Å². The molecule has 0 fully saturated rings. The number of ether oxygens (including phenoxy) is 1. The Morgan fingerprint density at radius 2 is 2.00 bits per heavy atom. The van der Waals surface area contributed by atoms with Gasteiger partial charge in [-0.2, -0.15) is 0 Å². The van der Waals surface area contributed by atoms with E-state index in [1.807, 2.05) is 60.9 Å². The lowest BCUT2D eigenvalue weighted by molar-refractivity contribution is 0.0474. The molecule has 1 aromatic carbocycles. The Morgan fingerprint density at radius 3 is 2.79 bits per heavy atom. The molecule has 3 aromatic heterocycles. The van der Waals surface area contributed by atoms with Gasteiger partial charge in [0.2, 0.25) is 5.78 Å². The van der Waals surface area contributed by atoms with E-state index in [1.165, 1.54) is 0 Å². The second kappa shape index (κ2) is 8.93. The third-order valence-electron chi connectivity index (χ3n) is 6.81. The van der Waals surface area contributed by atoms with Crippen LogP contribution in [0.3, 0.4) is 0 Å². The number of para-hydroxylation sites is 1. The molecule has 0 aliphatic heterocycles. The van der Waals surface area contributed by atoms with Crippen molar-refractivity contribution in [3.63, 3.8) is 0 Å². The van der Waals surface area contributed by atoms with Gasteiger partial charge in [0.05, 0.1) is 23.9 Å². The Labute approximate surface area is 198 Å². The maximum Gasteiger partial charge on any atom is 0.339 e. The maximum absolute atomic E-state index is 13.3. The van der Waals surface area contributed by atoms with Crippen molar-refractivity contribution in [3.05, 3.63) is 88.3 Å². The highest BCUT2D eigenvalue weighted by Gasteiger charge is 2.27. The molecule has 6 heteroatoms. The van der Waals surface area contributed by atoms with Crippen molar-refractivity contribution in [2.24, 2.45) is 5.92 Å². The Hall–Kier alpha value is -3.67. The van der Waals surface area contributed by atoms with Gasteiger partial charge in [0.15, 0.2) is 6.61 Å². The highest BCUT2D eigenvalue weighted by atomic mass is 16.5. The number of carbonyl (C=O) groups is 2. The highest BCUT2D eigenvalue weighted by Crippen LogP contribution is 2.32. The fraction of sp³-hybridized carbons (Fsp3) is 0.321. The van der Waals surface area contributed by atoms with Crippen molar-refractivity contribution in [1.82, 2.24) is 9.55 Å². The van der Waals surface area contributed by atoms with Gasteiger partial charge in [-0.1, -0.05) is 25.1 Å². The van der Waals surface area contributed by atoms with Crippen molar-refractivity contribution >= 4 is 22.7 Å². The number of furan rings is 1. The van der Waals surface area contributed by atoms with Crippen LogP contribution in [0.1, 0.15) is 62.5 Å². The SMILES string of the molecule is Cc1cc(C(=O)COC(=O)c2c3c(nc4ccccc24)CC[C@@H](C)C3)c(C)n1Cc1ccco1. The molecular weight excluding hydrogens is 428 g/mol. The van der Waals surface area contributed by atoms with Crippen molar-refractivity contribution < 1.29 is 18.7 Å². The minimum Gasteiger partial charge on any atom is -0.467 e. The first-order chi connectivity index (χ1) is 16.4. The molecule has 0 spiro atoms. The summed E-state index contributed by atoms with van der Waals surface area (Å²) >= 11 is 0. The summed E-state index contributed by atoms with van der Waals surface area (Å²) < 4.78 is 13.1. The normalized spacial score (nSPS) is 15.3. The van der Waals surface area contributed by atoms with Crippen LogP contribution in [-0.4, -0.2) is 27.9 Å². The van der Waals surface area contributed by atoms with Crippen LogP contribution in [0.4, 0.5) is 0 Å². The Morgan fingerprint density at radius 1 is 1.18 bits per heavy atom. The molecular formula is C28H28N2O4. The first-order valence-corrected chi connectivity index (χ1v) is 11.7. The average Bonchev–Trinajstić information content (AvgIpc) is 3.44. The molecule has 0 saturated carbocycles. The van der Waals surface area contributed by atoms with E-state index in [-0.39, 0.29) is 12.4 Å². The van der Waals surface area contributed by atoms with Crippen LogP contribution in [0, 0.1) is 19.8 Å². The van der Waals surface area contributed by atoms with E-state index in [0.29, 0.717) is 23.6 Å². The summed E-state index contributed by atoms with van der Waals surface area (Å²) in [7, 11) is 0. The number of carbonyl (C=O) groups excluding carboxylic acids is 2. The Balaban J connectivity index is 1.39. The van der Waals surface area contributed by atoms with Crippen molar-refractivity contribution in [2.45, 2.75) is 46.6 Å². The topological polar surface area (TPSA) is 74.3 Å². The minimum atomic E-state index is -0.457. The molecule has 0 bridgehead atoms. The molecule has 0 unspecified atom stereocenters. The molecule has 3 heterocycles. The first kappa shape index (κ1) is 22.1. The summed E-state index contributed by atoms with van der Waals surface area (Å²) in [5.74, 6) is 0.619. The summed E-state index contributed by atoms with van der Waals surface area (Å²) in [5.41, 5.74) is 5.62. The molecule has 0 radical (unpaired) electrons. The molecule has 174 valence electrons. The average molecular weight is 457 g/mol. The van der Waals surface area contributed by atoms with Gasteiger partial charge in [-0.15, -0.1) is 0 Å². The predicted molar refractivity (Wildman–Crippen MR) is 129 cm³/mol. The van der Waals surface area contributed by atoms with Crippen LogP contribution in [0.2, 0.25) is 0 Å². The zero-order valence-electron chi connectivity index (χ0n) is 19.8. The lowest BCUT2D eigenvalue weighted by Crippen LogP contribution is -2.21. The summed E-state index contributed by atoms with van der Waals surface area (Å²) in [6, 6.07) is 13.2. The zero-order valence-corrected chi connectivity index (χ0v) is 19.8. The standard InChI is InChI=1S/C28H28N2O4/c1-17-10-11-25-23(13-17)27(21-8-4-5-9-24(21)29-25)28(32)34-16-26(31)22-14-18(2)30(19(22)3)15-20-7-6-12-33-20/h4-9,12,14,17H,10-11,13,15-16H2,1-3H3/t17-/m1/s1. The summed E-state index contributed by atoms with van der Waals surface area (Å²) in [6.45, 7) is 6.29. The van der Waals surface area contributed by atoms with Gasteiger partial charge in [-0.25, -0.2) is 4.79 Å². The molecule has 1 aliphatic rings. The van der Waals surface area contributed by atoms with Gasteiger partial charge in [0, 0.05) is 28.0 Å². The Kier molecular flexibility index (Phi) is 5.82. The van der Waals surface area contributed by atoms with Crippen molar-refractivity contribution in [3.8, 4) is 0 Å². The van der Waals surface area contributed by atoms with E-state index in [4.69, 9.17) is 14.1 Å². The highest BCUT2D eigenvalue weighted by molar-refractivity contribution is 6.06. The van der Waals surface area contributed by atoms with Crippen molar-refractivity contribution in [1.29, 1.82) is 0 Å². The van der Waals surface area contributed by atoms with E-state index in [2.05, 4.69) is 6.92 Å². The lowest BCUT2D eigenvalue weighted by atomic mass is 9.84. The van der Waals surface area contributed by atoms with E-state index < -0.39 is 5.97 Å². The Bertz CT molecular complexity index is 1380. The number of aryl methyl sites for hydroxylation is 2. The number of benzene rings is 1. The van der Waals surface area contributed by atoms with Crippen LogP contribution in [0.5, 0.6) is 0 Å². The molecule has 6 nitrogen and oxygen atoms in total. The van der Waals surface area contributed by atoms with E-state index in [9.17, 15) is 9.59 Å². The number of ketones is 1. The molecule has 5 rings (SSSR count). The van der Waals surface area contributed by atoms with Crippen LogP contribution in [0.25, 0.3) is 10.9 Å². The molecule has 4 aromatic rings. The number of Topliss-reactive ketones (excluding diaryl/α,β-unsaturated/α-hetero) is 1. The fourth-order valence-electron chi connectivity index (χ4n) is 4.96. The van der Waals surface area contributed by atoms with E-state index in [1.54, 1.807) is 6.26 Å². The molecule has 0 amide bonds. The molecule has 1 atom stereocenters. The third kappa shape index (κ3) is 4.04. The van der Waals surface area contributed by atoms with E-state index in [0.717, 1.165) is 58.6 Å². The van der Waals surface area contributed by atoms with Gasteiger partial charge in [-0.05, 0) is 68.9 Å². The second-order valence-electron chi connectivity index (χ2n) is 9.23. The fourth-order valence-corrected chi connectivity index (χ4v) is 4.96. The lowest BCUT2D eigenvalue weighted by Gasteiger charge is -2.24. The summed E-state index contributed by atoms with van der Waals surface area (Å²) in [4.78, 5) is 31.2. The van der Waals surface area contributed by atoms with Crippen LogP contribution >= 0.6 is 0 Å². The van der Waals surface area contributed by atoms with Gasteiger partial charge < -0.3 is 13.7 Å². The zero-order chi connectivity index (χ0) is 23.8. The molecule has 0 saturated heterocycles. The maximum atomic E-state index is 13.3. The molecule has 34 heavy (non-hydrogen) atoms. The largest absolute Gasteiger partial charge is 0.467 e. The van der Waals surface area contributed by atoms with E-state index >= 15 is 0 Å². The third-order valence-corrected chi connectivity index (χ3v) is 6.81. The van der Waals surface area contributed by atoms with Crippen LogP contribution < -0.4 is 0 Å². The smallest absolute Gasteiger partial charge is 0.339 e. The number of fused-ring (bicyclic) bond motifs is 2. The first-order valence-electron chi connectivity index (χ1n) is 11.7. The number of esters is 1. The van der Waals surface area contributed by atoms with Gasteiger partial charge in [-0.3, -0.25) is 9.78 Å². The second-order valence-corrected chi connectivity index (χ2v) is 9.23. The molecule has 1 aliphatic carbocycles. The number of hydrogen-bond acceptors (Lipinski definition) is 5. The number of aromatic nitrogens is 2. The van der Waals surface area contributed by atoms with Crippen LogP contribution in [-0.2, 0) is 24.1 Å². The minimum absolute atomic E-state index is 0.215. The van der Waals surface area contributed by atoms with Gasteiger partial charge in [0.1, 0.15) is 5.76 Å².